The number of amides is 1. The molecular formula is C19H25FN4O2S. The van der Waals surface area contributed by atoms with Crippen LogP contribution in [-0.4, -0.2) is 32.0 Å². The van der Waals surface area contributed by atoms with Crippen molar-refractivity contribution in [2.24, 2.45) is 7.05 Å². The molecule has 146 valence electrons. The van der Waals surface area contributed by atoms with Crippen LogP contribution in [0.3, 0.4) is 0 Å². The Morgan fingerprint density at radius 3 is 2.70 bits per heavy atom. The van der Waals surface area contributed by atoms with Gasteiger partial charge in [-0.1, -0.05) is 36.7 Å². The van der Waals surface area contributed by atoms with Gasteiger partial charge in [0.25, 0.3) is 0 Å². The second-order valence-electron chi connectivity index (χ2n) is 6.84. The van der Waals surface area contributed by atoms with Crippen molar-refractivity contribution < 1.29 is 13.9 Å². The number of hydrogen-bond donors (Lipinski definition) is 1. The molecule has 1 fully saturated rings. The van der Waals surface area contributed by atoms with Gasteiger partial charge in [-0.3, -0.25) is 4.79 Å². The topological polar surface area (TPSA) is 69.0 Å². The Morgan fingerprint density at radius 1 is 1.30 bits per heavy atom. The van der Waals surface area contributed by atoms with Crippen molar-refractivity contribution in [1.82, 2.24) is 20.1 Å². The molecule has 1 amide bonds. The highest BCUT2D eigenvalue weighted by Crippen LogP contribution is 2.27. The van der Waals surface area contributed by atoms with Crippen LogP contribution in [0.1, 0.15) is 51.5 Å². The fourth-order valence-electron chi connectivity index (χ4n) is 3.17. The molecule has 3 rings (SSSR count). The summed E-state index contributed by atoms with van der Waals surface area (Å²) in [6.45, 7) is 3.66. The number of para-hydroxylation sites is 1. The predicted molar refractivity (Wildman–Crippen MR) is 102 cm³/mol. The molecule has 1 aliphatic carbocycles. The molecule has 1 aromatic heterocycles. The lowest BCUT2D eigenvalue weighted by molar-refractivity contribution is -0.120. The zero-order chi connectivity index (χ0) is 19.4. The van der Waals surface area contributed by atoms with Crippen LogP contribution in [0.25, 0.3) is 0 Å². The first-order valence-corrected chi connectivity index (χ1v) is 10.1. The van der Waals surface area contributed by atoms with E-state index in [2.05, 4.69) is 15.5 Å². The van der Waals surface area contributed by atoms with E-state index in [0.717, 1.165) is 12.8 Å². The number of hydrogen-bond acceptors (Lipinski definition) is 5. The number of rotatable bonds is 7. The fourth-order valence-corrected chi connectivity index (χ4v) is 4.00. The summed E-state index contributed by atoms with van der Waals surface area (Å²) in [5, 5.41) is 11.8. The molecule has 1 aliphatic rings. The van der Waals surface area contributed by atoms with Crippen molar-refractivity contribution in [2.75, 3.05) is 0 Å². The van der Waals surface area contributed by atoms with E-state index < -0.39 is 11.9 Å². The third-order valence-corrected chi connectivity index (χ3v) is 5.86. The lowest BCUT2D eigenvalue weighted by Gasteiger charge is -2.17. The van der Waals surface area contributed by atoms with Crippen LogP contribution < -0.4 is 10.1 Å². The summed E-state index contributed by atoms with van der Waals surface area (Å²) in [7, 11) is 1.82. The third-order valence-electron chi connectivity index (χ3n) is 4.73. The Kier molecular flexibility index (Phi) is 6.36. The summed E-state index contributed by atoms with van der Waals surface area (Å²) in [6.07, 6.45) is 4.00. The quantitative estimate of drug-likeness (QED) is 0.729. The minimum atomic E-state index is -0.476. The van der Waals surface area contributed by atoms with E-state index in [0.29, 0.717) is 17.0 Å². The largest absolute Gasteiger partial charge is 0.480 e. The number of nitrogens with one attached hydrogen (secondary N) is 1. The van der Waals surface area contributed by atoms with Crippen molar-refractivity contribution in [3.05, 3.63) is 35.9 Å². The number of nitrogens with zero attached hydrogens (tertiary/aromatic N) is 3. The Labute approximate surface area is 162 Å². The highest BCUT2D eigenvalue weighted by Gasteiger charge is 2.24. The molecule has 2 atom stereocenters. The maximum atomic E-state index is 13.8. The molecular weight excluding hydrogens is 367 g/mol. The normalized spacial score (nSPS) is 16.9. The van der Waals surface area contributed by atoms with E-state index in [1.165, 1.54) is 30.7 Å². The van der Waals surface area contributed by atoms with Gasteiger partial charge in [-0.05, 0) is 38.8 Å². The third kappa shape index (κ3) is 4.80. The highest BCUT2D eigenvalue weighted by molar-refractivity contribution is 8.00. The van der Waals surface area contributed by atoms with Crippen molar-refractivity contribution in [3.8, 4) is 5.75 Å². The SMILES string of the molecule is CC(Sc1nnc(C(C)Oc2ccccc2F)n1C)C(=O)NC1CCCC1. The maximum Gasteiger partial charge on any atom is 0.233 e. The summed E-state index contributed by atoms with van der Waals surface area (Å²) in [5.41, 5.74) is 0. The van der Waals surface area contributed by atoms with Gasteiger partial charge in [-0.25, -0.2) is 4.39 Å². The zero-order valence-corrected chi connectivity index (χ0v) is 16.6. The van der Waals surface area contributed by atoms with Gasteiger partial charge in [0.1, 0.15) is 0 Å². The molecule has 0 bridgehead atoms. The lowest BCUT2D eigenvalue weighted by atomic mass is 10.2. The monoisotopic (exact) mass is 392 g/mol. The second kappa shape index (κ2) is 8.73. The molecule has 27 heavy (non-hydrogen) atoms. The molecule has 0 aliphatic heterocycles. The van der Waals surface area contributed by atoms with Crippen LogP contribution in [0.2, 0.25) is 0 Å². The van der Waals surface area contributed by atoms with Gasteiger partial charge in [0, 0.05) is 13.1 Å². The highest BCUT2D eigenvalue weighted by atomic mass is 32.2. The van der Waals surface area contributed by atoms with E-state index in [4.69, 9.17) is 4.74 Å². The molecule has 1 N–H and O–H groups in total. The molecule has 2 aromatic rings. The van der Waals surface area contributed by atoms with Crippen LogP contribution >= 0.6 is 11.8 Å². The van der Waals surface area contributed by atoms with Gasteiger partial charge in [-0.15, -0.1) is 10.2 Å². The van der Waals surface area contributed by atoms with E-state index >= 15 is 0 Å². The zero-order valence-electron chi connectivity index (χ0n) is 15.8. The molecule has 6 nitrogen and oxygen atoms in total. The van der Waals surface area contributed by atoms with Crippen LogP contribution in [-0.2, 0) is 11.8 Å². The Morgan fingerprint density at radius 2 is 2.00 bits per heavy atom. The number of carbonyl (C=O) groups excluding carboxylic acids is 1. The number of thioether (sulfide) groups is 1. The van der Waals surface area contributed by atoms with E-state index in [-0.39, 0.29) is 16.9 Å². The fraction of sp³-hybridized carbons (Fsp3) is 0.526. The van der Waals surface area contributed by atoms with Gasteiger partial charge in [0.2, 0.25) is 5.91 Å². The molecule has 0 saturated heterocycles. The van der Waals surface area contributed by atoms with Crippen molar-refractivity contribution >= 4 is 17.7 Å². The summed E-state index contributed by atoms with van der Waals surface area (Å²) in [4.78, 5) is 12.4. The minimum Gasteiger partial charge on any atom is -0.480 e. The second-order valence-corrected chi connectivity index (χ2v) is 8.15. The average molecular weight is 393 g/mol. The maximum absolute atomic E-state index is 13.8. The first kappa shape index (κ1) is 19.7. The van der Waals surface area contributed by atoms with Gasteiger partial charge in [0.05, 0.1) is 5.25 Å². The van der Waals surface area contributed by atoms with E-state index in [1.54, 1.807) is 29.7 Å². The van der Waals surface area contributed by atoms with Gasteiger partial charge in [-0.2, -0.15) is 0 Å². The summed E-state index contributed by atoms with van der Waals surface area (Å²) < 4.78 is 21.2. The Balaban J connectivity index is 1.62. The van der Waals surface area contributed by atoms with Gasteiger partial charge < -0.3 is 14.6 Å². The first-order chi connectivity index (χ1) is 13.0. The minimum absolute atomic E-state index is 0.0205. The van der Waals surface area contributed by atoms with Crippen molar-refractivity contribution in [1.29, 1.82) is 0 Å². The summed E-state index contributed by atoms with van der Waals surface area (Å²) >= 11 is 1.36. The van der Waals surface area contributed by atoms with Crippen molar-refractivity contribution in [3.63, 3.8) is 0 Å². The van der Waals surface area contributed by atoms with Crippen LogP contribution in [0.15, 0.2) is 29.4 Å². The van der Waals surface area contributed by atoms with E-state index in [1.807, 2.05) is 14.0 Å². The van der Waals surface area contributed by atoms with Crippen LogP contribution in [0, 0.1) is 5.82 Å². The molecule has 8 heteroatoms. The standard InChI is InChI=1S/C19H25FN4O2S/c1-12(26-16-11-7-6-10-15(16)20)17-22-23-19(24(17)3)27-13(2)18(25)21-14-8-4-5-9-14/h6-7,10-14H,4-5,8-9H2,1-3H3,(H,21,25). The average Bonchev–Trinajstić information content (AvgIpc) is 3.27. The number of carbonyl (C=O) groups is 1. The first-order valence-electron chi connectivity index (χ1n) is 9.23. The number of ether oxygens (including phenoxy) is 1. The summed E-state index contributed by atoms with van der Waals surface area (Å²) in [6, 6.07) is 6.55. The molecule has 1 saturated carbocycles. The van der Waals surface area contributed by atoms with Crippen LogP contribution in [0.5, 0.6) is 5.75 Å². The Hall–Kier alpha value is -2.09. The predicted octanol–water partition coefficient (Wildman–Crippen LogP) is 3.63. The lowest BCUT2D eigenvalue weighted by Crippen LogP contribution is -2.37. The number of aromatic nitrogens is 3. The molecule has 0 spiro atoms. The van der Waals surface area contributed by atoms with Gasteiger partial charge in [0.15, 0.2) is 28.7 Å². The molecule has 1 heterocycles. The van der Waals surface area contributed by atoms with Gasteiger partial charge >= 0.3 is 0 Å². The van der Waals surface area contributed by atoms with Crippen molar-refractivity contribution in [2.45, 2.75) is 62.1 Å². The molecule has 0 radical (unpaired) electrons. The molecule has 2 unspecified atom stereocenters. The van der Waals surface area contributed by atoms with E-state index in [9.17, 15) is 9.18 Å². The Bertz CT molecular complexity index is 792. The molecule has 1 aromatic carbocycles. The number of benzene rings is 1. The smallest absolute Gasteiger partial charge is 0.233 e. The summed E-state index contributed by atoms with van der Waals surface area (Å²) in [5.74, 6) is 0.348. The number of halogens is 1. The van der Waals surface area contributed by atoms with Crippen LogP contribution in [0.4, 0.5) is 4.39 Å².